The van der Waals surface area contributed by atoms with Gasteiger partial charge in [-0.2, -0.15) is 0 Å². The Morgan fingerprint density at radius 1 is 1.02 bits per heavy atom. The van der Waals surface area contributed by atoms with E-state index in [9.17, 15) is 24.0 Å². The van der Waals surface area contributed by atoms with E-state index in [2.05, 4.69) is 5.92 Å². The molecule has 12 nitrogen and oxygen atoms in total. The second-order valence-electron chi connectivity index (χ2n) is 8.56. The highest BCUT2D eigenvalue weighted by atomic mass is 16.8. The second kappa shape index (κ2) is 14.3. The number of esters is 5. The zero-order chi connectivity index (χ0) is 29.9. The van der Waals surface area contributed by atoms with E-state index in [1.807, 2.05) is 0 Å². The summed E-state index contributed by atoms with van der Waals surface area (Å²) in [5, 5.41) is 0. The molecule has 5 atom stereocenters. The highest BCUT2D eigenvalue weighted by molar-refractivity contribution is 6.04. The van der Waals surface area contributed by atoms with Crippen molar-refractivity contribution in [1.29, 1.82) is 0 Å². The van der Waals surface area contributed by atoms with Crippen molar-refractivity contribution in [3.63, 3.8) is 0 Å². The van der Waals surface area contributed by atoms with Crippen LogP contribution in [0, 0.1) is 12.3 Å². The standard InChI is InChI=1S/C28H32O12/c1-7-15-35-26(33)28(25(32)34-9-3,16-21-13-11-10-12-14-21)36-17-22-27(8-2,40-20(6)31)23(37-18(4)29)24(39-22)38-19(5)30/h2,7,10-15,22-24H,9,16-17H2,1,3-6H3/t22-,23+,24?,27-,28?/m1/s1. The molecule has 0 aromatic heterocycles. The molecule has 2 rings (SSSR count). The highest BCUT2D eigenvalue weighted by Crippen LogP contribution is 2.39. The number of carbonyl (C=O) groups is 5. The molecule has 1 saturated heterocycles. The lowest BCUT2D eigenvalue weighted by Gasteiger charge is -2.34. The zero-order valence-corrected chi connectivity index (χ0v) is 22.9. The molecule has 1 aliphatic rings. The van der Waals surface area contributed by atoms with Crippen molar-refractivity contribution >= 4 is 29.8 Å². The van der Waals surface area contributed by atoms with E-state index < -0.39 is 66.2 Å². The molecule has 0 spiro atoms. The average molecular weight is 561 g/mol. The van der Waals surface area contributed by atoms with Gasteiger partial charge in [0.05, 0.1) is 19.5 Å². The molecule has 1 aromatic rings. The van der Waals surface area contributed by atoms with Crippen LogP contribution in [0.1, 0.15) is 40.2 Å². The van der Waals surface area contributed by atoms with Gasteiger partial charge in [0.15, 0.2) is 0 Å². The molecule has 2 unspecified atom stereocenters. The summed E-state index contributed by atoms with van der Waals surface area (Å²) in [5.74, 6) is -2.48. The molecule has 0 amide bonds. The molecular formula is C28H32O12. The fourth-order valence-corrected chi connectivity index (χ4v) is 3.99. The number of hydrogen-bond acceptors (Lipinski definition) is 12. The number of terminal acetylenes is 1. The Hall–Kier alpha value is -4.21. The van der Waals surface area contributed by atoms with Crippen molar-refractivity contribution in [2.75, 3.05) is 13.2 Å². The SMILES string of the molecule is C#C[C@@]1(OC(C)=O)[C@@H](COC(Cc2ccccc2)(C(=O)OC=CC)C(=O)OCC)OC(OC(C)=O)[C@@H]1OC(C)=O. The third-order valence-electron chi connectivity index (χ3n) is 5.58. The van der Waals surface area contributed by atoms with E-state index in [-0.39, 0.29) is 13.0 Å². The molecule has 1 heterocycles. The molecule has 1 fully saturated rings. The number of ether oxygens (including phenoxy) is 7. The molecule has 0 saturated carbocycles. The van der Waals surface area contributed by atoms with Crippen LogP contribution in [0.25, 0.3) is 0 Å². The van der Waals surface area contributed by atoms with Gasteiger partial charge in [0.1, 0.15) is 6.10 Å². The molecule has 1 aliphatic heterocycles. The molecule has 0 bridgehead atoms. The normalized spacial score (nSPS) is 23.4. The smallest absolute Gasteiger partial charge is 0.355 e. The lowest BCUT2D eigenvalue weighted by Crippen LogP contribution is -2.57. The van der Waals surface area contributed by atoms with Crippen molar-refractivity contribution in [3.8, 4) is 12.3 Å². The van der Waals surface area contributed by atoms with Gasteiger partial charge in [0.2, 0.25) is 18.0 Å². The van der Waals surface area contributed by atoms with E-state index >= 15 is 0 Å². The zero-order valence-electron chi connectivity index (χ0n) is 22.9. The summed E-state index contributed by atoms with van der Waals surface area (Å²) in [5.41, 5.74) is -4.05. The van der Waals surface area contributed by atoms with Gasteiger partial charge in [0.25, 0.3) is 5.60 Å². The first-order valence-corrected chi connectivity index (χ1v) is 12.3. The third kappa shape index (κ3) is 7.46. The van der Waals surface area contributed by atoms with Crippen molar-refractivity contribution < 1.29 is 57.1 Å². The maximum Gasteiger partial charge on any atom is 0.355 e. The van der Waals surface area contributed by atoms with Crippen LogP contribution in [0.4, 0.5) is 0 Å². The van der Waals surface area contributed by atoms with Crippen molar-refractivity contribution in [1.82, 2.24) is 0 Å². The van der Waals surface area contributed by atoms with Crippen LogP contribution in [-0.2, 0) is 63.6 Å². The number of carbonyl (C=O) groups excluding carboxylic acids is 5. The number of benzene rings is 1. The maximum atomic E-state index is 13.4. The van der Waals surface area contributed by atoms with Gasteiger partial charge in [0, 0.05) is 27.2 Å². The number of rotatable bonds is 12. The summed E-state index contributed by atoms with van der Waals surface area (Å²) in [6, 6.07) is 8.44. The minimum atomic E-state index is -2.38. The van der Waals surface area contributed by atoms with Gasteiger partial charge in [-0.15, -0.1) is 6.42 Å². The monoisotopic (exact) mass is 560 g/mol. The van der Waals surface area contributed by atoms with Crippen LogP contribution in [0.3, 0.4) is 0 Å². The average Bonchev–Trinajstić information content (AvgIpc) is 3.16. The largest absolute Gasteiger partial charge is 0.463 e. The number of allylic oxidation sites excluding steroid dienone is 1. The molecule has 216 valence electrons. The van der Waals surface area contributed by atoms with Crippen molar-refractivity contribution in [2.24, 2.45) is 0 Å². The van der Waals surface area contributed by atoms with Crippen LogP contribution < -0.4 is 0 Å². The van der Waals surface area contributed by atoms with E-state index in [1.54, 1.807) is 44.2 Å². The Bertz CT molecular complexity index is 1150. The van der Waals surface area contributed by atoms with Gasteiger partial charge >= 0.3 is 29.8 Å². The van der Waals surface area contributed by atoms with E-state index in [0.717, 1.165) is 27.0 Å². The Balaban J connectivity index is 2.61. The fraction of sp³-hybridized carbons (Fsp3) is 0.464. The Kier molecular flexibility index (Phi) is 11.4. The minimum absolute atomic E-state index is 0.0969. The topological polar surface area (TPSA) is 150 Å². The van der Waals surface area contributed by atoms with Gasteiger partial charge in [-0.1, -0.05) is 42.3 Å². The summed E-state index contributed by atoms with van der Waals surface area (Å²) in [6.07, 6.45) is 3.20. The van der Waals surface area contributed by atoms with Crippen LogP contribution in [0.5, 0.6) is 0 Å². The molecule has 40 heavy (non-hydrogen) atoms. The maximum absolute atomic E-state index is 13.4. The predicted octanol–water partition coefficient (Wildman–Crippen LogP) is 1.78. The van der Waals surface area contributed by atoms with Crippen LogP contribution in [-0.4, -0.2) is 72.8 Å². The first-order valence-electron chi connectivity index (χ1n) is 12.3. The second-order valence-corrected chi connectivity index (χ2v) is 8.56. The van der Waals surface area contributed by atoms with Gasteiger partial charge < -0.3 is 33.2 Å². The lowest BCUT2D eigenvalue weighted by atomic mass is 9.91. The third-order valence-corrected chi connectivity index (χ3v) is 5.58. The highest BCUT2D eigenvalue weighted by Gasteiger charge is 2.64. The van der Waals surface area contributed by atoms with E-state index in [0.29, 0.717) is 5.56 Å². The predicted molar refractivity (Wildman–Crippen MR) is 136 cm³/mol. The van der Waals surface area contributed by atoms with Crippen molar-refractivity contribution in [3.05, 3.63) is 48.2 Å². The lowest BCUT2D eigenvalue weighted by molar-refractivity contribution is -0.205. The molecule has 12 heteroatoms. The summed E-state index contributed by atoms with van der Waals surface area (Å²) < 4.78 is 37.9. The molecule has 0 aliphatic carbocycles. The van der Waals surface area contributed by atoms with Crippen molar-refractivity contribution in [2.45, 2.75) is 70.7 Å². The molecular weight excluding hydrogens is 528 g/mol. The molecule has 0 radical (unpaired) electrons. The first-order chi connectivity index (χ1) is 18.9. The van der Waals surface area contributed by atoms with Crippen LogP contribution in [0.2, 0.25) is 0 Å². The van der Waals surface area contributed by atoms with Gasteiger partial charge in [-0.3, -0.25) is 14.4 Å². The summed E-state index contributed by atoms with van der Waals surface area (Å²) in [7, 11) is 0. The first kappa shape index (κ1) is 32.0. The fourth-order valence-electron chi connectivity index (χ4n) is 3.99. The summed E-state index contributed by atoms with van der Waals surface area (Å²) in [4.78, 5) is 62.5. The van der Waals surface area contributed by atoms with Crippen LogP contribution in [0.15, 0.2) is 42.7 Å². The number of hydrogen-bond donors (Lipinski definition) is 0. The Labute approximate surface area is 231 Å². The minimum Gasteiger partial charge on any atom is -0.463 e. The molecule has 1 aromatic carbocycles. The van der Waals surface area contributed by atoms with Gasteiger partial charge in [-0.05, 0) is 19.4 Å². The van der Waals surface area contributed by atoms with Gasteiger partial charge in [-0.25, -0.2) is 9.59 Å². The van der Waals surface area contributed by atoms with E-state index in [4.69, 9.17) is 39.6 Å². The van der Waals surface area contributed by atoms with Crippen LogP contribution >= 0.6 is 0 Å². The summed E-state index contributed by atoms with van der Waals surface area (Å²) in [6.45, 7) is 5.52. The summed E-state index contributed by atoms with van der Waals surface area (Å²) >= 11 is 0. The molecule has 0 N–H and O–H groups in total. The Morgan fingerprint density at radius 3 is 2.20 bits per heavy atom. The quantitative estimate of drug-likeness (QED) is 0.121. The Morgan fingerprint density at radius 2 is 1.68 bits per heavy atom. The van der Waals surface area contributed by atoms with E-state index in [1.165, 1.54) is 6.08 Å².